The number of alkyl carbamates (subject to hydrolysis) is 1. The molecule has 3 N–H and O–H groups in total. The molecule has 0 aliphatic rings. The number of nitrogens with zero attached hydrogens (tertiary/aromatic N) is 3. The second-order valence-electron chi connectivity index (χ2n) is 8.43. The molecular formula is C27H33N5O3. The van der Waals surface area contributed by atoms with E-state index in [-0.39, 0.29) is 6.61 Å². The Hall–Kier alpha value is -3.65. The molecule has 0 saturated carbocycles. The molecule has 2 aromatic carbocycles. The van der Waals surface area contributed by atoms with Gasteiger partial charge in [0, 0.05) is 31.5 Å². The topological polar surface area (TPSA) is 104 Å². The van der Waals surface area contributed by atoms with Crippen molar-refractivity contribution in [3.05, 3.63) is 65.5 Å². The molecule has 0 unspecified atom stereocenters. The van der Waals surface area contributed by atoms with Gasteiger partial charge in [-0.25, -0.2) is 14.8 Å². The van der Waals surface area contributed by atoms with Gasteiger partial charge in [-0.05, 0) is 30.5 Å². The fourth-order valence-corrected chi connectivity index (χ4v) is 4.11. The third-order valence-electron chi connectivity index (χ3n) is 5.91. The normalized spacial score (nSPS) is 11.3. The van der Waals surface area contributed by atoms with Gasteiger partial charge in [-0.1, -0.05) is 55.8 Å². The minimum atomic E-state index is -0.447. The molecule has 35 heavy (non-hydrogen) atoms. The van der Waals surface area contributed by atoms with Crippen LogP contribution in [0.1, 0.15) is 43.6 Å². The number of pyridine rings is 1. The van der Waals surface area contributed by atoms with E-state index in [1.807, 2.05) is 37.3 Å². The highest BCUT2D eigenvalue weighted by Gasteiger charge is 2.17. The molecule has 0 aliphatic carbocycles. The van der Waals surface area contributed by atoms with E-state index >= 15 is 0 Å². The highest BCUT2D eigenvalue weighted by molar-refractivity contribution is 6.06. The highest BCUT2D eigenvalue weighted by atomic mass is 16.6. The van der Waals surface area contributed by atoms with Crippen molar-refractivity contribution in [3.8, 4) is 0 Å². The molecular weight excluding hydrogens is 442 g/mol. The average Bonchev–Trinajstić information content (AvgIpc) is 3.24. The Labute approximate surface area is 205 Å². The zero-order valence-corrected chi connectivity index (χ0v) is 20.4. The third-order valence-corrected chi connectivity index (χ3v) is 5.91. The molecule has 184 valence electrons. The number of amides is 1. The summed E-state index contributed by atoms with van der Waals surface area (Å²) in [7, 11) is 0. The van der Waals surface area contributed by atoms with Gasteiger partial charge in [-0.15, -0.1) is 0 Å². The molecule has 0 aliphatic heterocycles. The summed E-state index contributed by atoms with van der Waals surface area (Å²) in [5.74, 6) is 1.48. The Kier molecular flexibility index (Phi) is 8.15. The van der Waals surface area contributed by atoms with E-state index in [1.165, 1.54) is 0 Å². The summed E-state index contributed by atoms with van der Waals surface area (Å²) < 4.78 is 12.5. The van der Waals surface area contributed by atoms with E-state index < -0.39 is 6.09 Å². The number of aromatic nitrogens is 3. The van der Waals surface area contributed by atoms with E-state index in [0.717, 1.165) is 58.2 Å². The van der Waals surface area contributed by atoms with Crippen molar-refractivity contribution >= 4 is 33.8 Å². The van der Waals surface area contributed by atoms with Crippen LogP contribution in [0, 0.1) is 0 Å². The zero-order chi connectivity index (χ0) is 24.6. The van der Waals surface area contributed by atoms with E-state index in [4.69, 9.17) is 20.2 Å². The lowest BCUT2D eigenvalue weighted by Gasteiger charge is -2.12. The predicted octanol–water partition coefficient (Wildman–Crippen LogP) is 4.82. The van der Waals surface area contributed by atoms with Crippen LogP contribution >= 0.6 is 0 Å². The van der Waals surface area contributed by atoms with Gasteiger partial charge in [0.1, 0.15) is 17.9 Å². The molecule has 4 aromatic rings. The quantitative estimate of drug-likeness (QED) is 0.301. The van der Waals surface area contributed by atoms with Crippen LogP contribution in [0.5, 0.6) is 0 Å². The molecule has 4 rings (SSSR count). The second-order valence-corrected chi connectivity index (χ2v) is 8.43. The molecule has 0 bridgehead atoms. The van der Waals surface area contributed by atoms with Crippen LogP contribution < -0.4 is 11.1 Å². The van der Waals surface area contributed by atoms with Crippen molar-refractivity contribution in [2.45, 2.75) is 46.2 Å². The summed E-state index contributed by atoms with van der Waals surface area (Å²) in [6.07, 6.45) is 2.58. The van der Waals surface area contributed by atoms with Crippen LogP contribution in [0.3, 0.4) is 0 Å². The molecule has 2 heterocycles. The first-order chi connectivity index (χ1) is 17.1. The zero-order valence-electron chi connectivity index (χ0n) is 20.4. The maximum absolute atomic E-state index is 11.8. The number of hydrogen-bond donors (Lipinski definition) is 2. The van der Waals surface area contributed by atoms with Crippen molar-refractivity contribution in [3.63, 3.8) is 0 Å². The Morgan fingerprint density at radius 1 is 1.03 bits per heavy atom. The summed E-state index contributed by atoms with van der Waals surface area (Å²) in [5, 5.41) is 3.82. The van der Waals surface area contributed by atoms with Crippen molar-refractivity contribution in [2.24, 2.45) is 0 Å². The first-order valence-corrected chi connectivity index (χ1v) is 12.2. The van der Waals surface area contributed by atoms with E-state index in [9.17, 15) is 4.79 Å². The largest absolute Gasteiger partial charge is 0.447 e. The maximum atomic E-state index is 11.8. The Balaban J connectivity index is 1.53. The van der Waals surface area contributed by atoms with Gasteiger partial charge in [0.25, 0.3) is 0 Å². The van der Waals surface area contributed by atoms with Crippen LogP contribution in [0.2, 0.25) is 0 Å². The van der Waals surface area contributed by atoms with Crippen LogP contribution in [-0.2, 0) is 29.0 Å². The predicted molar refractivity (Wildman–Crippen MR) is 138 cm³/mol. The SMILES string of the molecule is CCCCc1nc2c(N)nc3ccccc3c2n1Cc1ccc(CNC(=O)OCCOCC)cc1. The van der Waals surface area contributed by atoms with Gasteiger partial charge in [-0.3, -0.25) is 0 Å². The fourth-order valence-electron chi connectivity index (χ4n) is 4.11. The van der Waals surface area contributed by atoms with Crippen LogP contribution in [-0.4, -0.2) is 40.4 Å². The highest BCUT2D eigenvalue weighted by Crippen LogP contribution is 2.30. The minimum absolute atomic E-state index is 0.243. The van der Waals surface area contributed by atoms with Crippen molar-refractivity contribution in [1.82, 2.24) is 19.9 Å². The van der Waals surface area contributed by atoms with Gasteiger partial charge in [0.05, 0.1) is 17.6 Å². The van der Waals surface area contributed by atoms with Gasteiger partial charge in [-0.2, -0.15) is 0 Å². The number of benzene rings is 2. The minimum Gasteiger partial charge on any atom is -0.447 e. The lowest BCUT2D eigenvalue weighted by molar-refractivity contribution is 0.0786. The number of hydrogen-bond acceptors (Lipinski definition) is 6. The molecule has 2 aromatic heterocycles. The molecule has 0 atom stereocenters. The fraction of sp³-hybridized carbons (Fsp3) is 0.370. The number of nitrogen functional groups attached to an aromatic ring is 1. The van der Waals surface area contributed by atoms with Crippen LogP contribution in [0.15, 0.2) is 48.5 Å². The number of carbonyl (C=O) groups is 1. The van der Waals surface area contributed by atoms with Gasteiger partial charge < -0.3 is 25.1 Å². The number of carbonyl (C=O) groups excluding carboxylic acids is 1. The summed E-state index contributed by atoms with van der Waals surface area (Å²) in [6, 6.07) is 16.3. The second kappa shape index (κ2) is 11.7. The van der Waals surface area contributed by atoms with Gasteiger partial charge >= 0.3 is 6.09 Å². The molecule has 8 nitrogen and oxygen atoms in total. The Morgan fingerprint density at radius 3 is 2.57 bits per heavy atom. The number of rotatable bonds is 11. The number of ether oxygens (including phenoxy) is 2. The average molecular weight is 476 g/mol. The van der Waals surface area contributed by atoms with E-state index in [0.29, 0.717) is 32.1 Å². The number of unbranched alkanes of at least 4 members (excludes halogenated alkanes) is 1. The molecule has 0 radical (unpaired) electrons. The maximum Gasteiger partial charge on any atom is 0.407 e. The summed E-state index contributed by atoms with van der Waals surface area (Å²) >= 11 is 0. The summed E-state index contributed by atoms with van der Waals surface area (Å²) in [4.78, 5) is 21.3. The van der Waals surface area contributed by atoms with E-state index in [2.05, 4.69) is 40.0 Å². The lowest BCUT2D eigenvalue weighted by Crippen LogP contribution is -2.25. The number of imidazole rings is 1. The number of nitrogens with one attached hydrogen (secondary N) is 1. The smallest absolute Gasteiger partial charge is 0.407 e. The van der Waals surface area contributed by atoms with Crippen molar-refractivity contribution < 1.29 is 14.3 Å². The number of para-hydroxylation sites is 1. The monoisotopic (exact) mass is 475 g/mol. The molecule has 1 amide bonds. The van der Waals surface area contributed by atoms with Crippen LogP contribution in [0.4, 0.5) is 10.6 Å². The third kappa shape index (κ3) is 5.89. The molecule has 8 heteroatoms. The number of anilines is 1. The van der Waals surface area contributed by atoms with Crippen molar-refractivity contribution in [2.75, 3.05) is 25.6 Å². The molecule has 0 saturated heterocycles. The molecule has 0 fully saturated rings. The first-order valence-electron chi connectivity index (χ1n) is 12.2. The van der Waals surface area contributed by atoms with Gasteiger partial charge in [0.15, 0.2) is 5.82 Å². The number of aryl methyl sites for hydroxylation is 1. The Bertz CT molecular complexity index is 1280. The summed E-state index contributed by atoms with van der Waals surface area (Å²) in [5.41, 5.74) is 11.1. The van der Waals surface area contributed by atoms with Gasteiger partial charge in [0.2, 0.25) is 0 Å². The lowest BCUT2D eigenvalue weighted by atomic mass is 10.1. The number of fused-ring (bicyclic) bond motifs is 3. The standard InChI is InChI=1S/C27H33N5O3/c1-3-5-10-23-31-24-25(21-8-6-7-9-22(21)30-26(24)28)32(23)18-20-13-11-19(12-14-20)17-29-27(33)35-16-15-34-4-2/h6-9,11-14H,3-5,10,15-18H2,1-2H3,(H2,28,30)(H,29,33). The first kappa shape index (κ1) is 24.5. The summed E-state index contributed by atoms with van der Waals surface area (Å²) in [6.45, 7) is 6.41. The number of nitrogens with two attached hydrogens (primary N) is 1. The molecule has 0 spiro atoms. The van der Waals surface area contributed by atoms with Crippen LogP contribution in [0.25, 0.3) is 21.9 Å². The van der Waals surface area contributed by atoms with E-state index in [1.54, 1.807) is 0 Å². The van der Waals surface area contributed by atoms with Crippen molar-refractivity contribution in [1.29, 1.82) is 0 Å². The Morgan fingerprint density at radius 2 is 1.80 bits per heavy atom.